The van der Waals surface area contributed by atoms with Crippen LogP contribution in [0.3, 0.4) is 0 Å². The molecule has 1 aliphatic carbocycles. The van der Waals surface area contributed by atoms with Crippen molar-refractivity contribution >= 4 is 16.9 Å². The highest BCUT2D eigenvalue weighted by Crippen LogP contribution is 2.32. The number of rotatable bonds is 2. The Morgan fingerprint density at radius 1 is 1.21 bits per heavy atom. The Morgan fingerprint density at radius 2 is 1.95 bits per heavy atom. The molecule has 3 unspecified atom stereocenters. The molecule has 2 aliphatic rings. The summed E-state index contributed by atoms with van der Waals surface area (Å²) in [7, 11) is 0. The van der Waals surface area contributed by atoms with Crippen LogP contribution in [0, 0.1) is 11.3 Å². The third kappa shape index (κ3) is 5.02. The summed E-state index contributed by atoms with van der Waals surface area (Å²) in [4.78, 5) is 4.73. The molecule has 0 radical (unpaired) electrons. The molecule has 1 aliphatic heterocycles. The number of hydrogen-bond donors (Lipinski definition) is 1. The maximum atomic E-state index is 4.73. The van der Waals surface area contributed by atoms with Gasteiger partial charge in [0, 0.05) is 11.3 Å². The van der Waals surface area contributed by atoms with Crippen molar-refractivity contribution in [3.8, 4) is 0 Å². The smallest absolute Gasteiger partial charge is 0.157 e. The van der Waals surface area contributed by atoms with Crippen LogP contribution in [0.25, 0.3) is 0 Å². The van der Waals surface area contributed by atoms with E-state index in [1.807, 2.05) is 11.8 Å². The predicted molar refractivity (Wildman–Crippen MR) is 86.9 cm³/mol. The van der Waals surface area contributed by atoms with Gasteiger partial charge in [0.2, 0.25) is 0 Å². The molecule has 1 heterocycles. The van der Waals surface area contributed by atoms with Gasteiger partial charge in [-0.05, 0) is 30.6 Å². The molecule has 0 aromatic carbocycles. The number of amidine groups is 1. The topological polar surface area (TPSA) is 24.4 Å². The fourth-order valence-corrected chi connectivity index (χ4v) is 4.57. The average molecular weight is 282 g/mol. The first kappa shape index (κ1) is 15.2. The zero-order chi connectivity index (χ0) is 13.9. The molecule has 0 spiro atoms. The SMILES string of the molecule is CC1CCCCCC1NC1=NCC(CC(C)(C)C)S1. The molecule has 0 bridgehead atoms. The van der Waals surface area contributed by atoms with Gasteiger partial charge in [-0.15, -0.1) is 0 Å². The van der Waals surface area contributed by atoms with E-state index >= 15 is 0 Å². The van der Waals surface area contributed by atoms with Gasteiger partial charge in [0.05, 0.1) is 6.54 Å². The fraction of sp³-hybridized carbons (Fsp3) is 0.938. The van der Waals surface area contributed by atoms with Gasteiger partial charge in [-0.25, -0.2) is 0 Å². The number of hydrogen-bond acceptors (Lipinski definition) is 3. The maximum Gasteiger partial charge on any atom is 0.157 e. The lowest BCUT2D eigenvalue weighted by molar-refractivity contribution is 0.375. The molecule has 110 valence electrons. The Labute approximate surface area is 123 Å². The molecule has 1 N–H and O–H groups in total. The lowest BCUT2D eigenvalue weighted by Crippen LogP contribution is -2.37. The Bertz CT molecular complexity index is 319. The highest BCUT2D eigenvalue weighted by atomic mass is 32.2. The zero-order valence-corrected chi connectivity index (χ0v) is 13.9. The van der Waals surface area contributed by atoms with Gasteiger partial charge in [-0.2, -0.15) is 0 Å². The van der Waals surface area contributed by atoms with Crippen molar-refractivity contribution in [3.63, 3.8) is 0 Å². The van der Waals surface area contributed by atoms with Crippen molar-refractivity contribution in [2.75, 3.05) is 6.54 Å². The molecule has 0 aromatic heterocycles. The molecular formula is C16H30N2S. The van der Waals surface area contributed by atoms with Crippen LogP contribution in [0.15, 0.2) is 4.99 Å². The largest absolute Gasteiger partial charge is 0.362 e. The number of nitrogens with zero attached hydrogens (tertiary/aromatic N) is 1. The summed E-state index contributed by atoms with van der Waals surface area (Å²) in [6, 6.07) is 0.655. The molecular weight excluding hydrogens is 252 g/mol. The lowest BCUT2D eigenvalue weighted by Gasteiger charge is -2.25. The summed E-state index contributed by atoms with van der Waals surface area (Å²) < 4.78 is 0. The molecule has 3 heteroatoms. The van der Waals surface area contributed by atoms with Gasteiger partial charge in [0.25, 0.3) is 0 Å². The first-order chi connectivity index (χ1) is 8.94. The second kappa shape index (κ2) is 6.51. The quantitative estimate of drug-likeness (QED) is 0.757. The van der Waals surface area contributed by atoms with Crippen molar-refractivity contribution in [1.29, 1.82) is 0 Å². The van der Waals surface area contributed by atoms with E-state index in [2.05, 4.69) is 33.0 Å². The zero-order valence-electron chi connectivity index (χ0n) is 13.0. The van der Waals surface area contributed by atoms with E-state index in [0.29, 0.717) is 16.7 Å². The molecule has 2 rings (SSSR count). The molecule has 2 nitrogen and oxygen atoms in total. The summed E-state index contributed by atoms with van der Waals surface area (Å²) >= 11 is 1.98. The van der Waals surface area contributed by atoms with E-state index in [0.717, 1.165) is 12.5 Å². The summed E-state index contributed by atoms with van der Waals surface area (Å²) in [5.41, 5.74) is 0.415. The third-order valence-corrected chi connectivity index (χ3v) is 5.35. The van der Waals surface area contributed by atoms with Crippen LogP contribution in [0.2, 0.25) is 0 Å². The normalized spacial score (nSPS) is 32.8. The summed E-state index contributed by atoms with van der Waals surface area (Å²) in [5.74, 6) is 0.799. The van der Waals surface area contributed by atoms with Crippen molar-refractivity contribution in [3.05, 3.63) is 0 Å². The molecule has 0 amide bonds. The second-order valence-electron chi connectivity index (χ2n) is 7.52. The van der Waals surface area contributed by atoms with E-state index in [-0.39, 0.29) is 0 Å². The van der Waals surface area contributed by atoms with Crippen molar-refractivity contribution in [2.24, 2.45) is 16.3 Å². The number of nitrogens with one attached hydrogen (secondary N) is 1. The summed E-state index contributed by atoms with van der Waals surface area (Å²) in [6.07, 6.45) is 8.16. The van der Waals surface area contributed by atoms with Crippen LogP contribution in [0.4, 0.5) is 0 Å². The van der Waals surface area contributed by atoms with Crippen LogP contribution in [0.1, 0.15) is 66.2 Å². The standard InChI is InChI=1S/C16H30N2S/c1-12-8-6-5-7-9-14(12)18-15-17-11-13(19-15)10-16(2,3)4/h12-14H,5-11H2,1-4H3,(H,17,18). The predicted octanol–water partition coefficient (Wildman–Crippen LogP) is 4.45. The highest BCUT2D eigenvalue weighted by molar-refractivity contribution is 8.14. The first-order valence-electron chi connectivity index (χ1n) is 7.92. The van der Waals surface area contributed by atoms with E-state index in [9.17, 15) is 0 Å². The van der Waals surface area contributed by atoms with Gasteiger partial charge >= 0.3 is 0 Å². The molecule has 1 saturated carbocycles. The van der Waals surface area contributed by atoms with E-state index in [4.69, 9.17) is 4.99 Å². The monoisotopic (exact) mass is 282 g/mol. The van der Waals surface area contributed by atoms with E-state index < -0.39 is 0 Å². The molecule has 19 heavy (non-hydrogen) atoms. The number of thioether (sulfide) groups is 1. The molecule has 0 saturated heterocycles. The van der Waals surface area contributed by atoms with Crippen LogP contribution >= 0.6 is 11.8 Å². The highest BCUT2D eigenvalue weighted by Gasteiger charge is 2.27. The summed E-state index contributed by atoms with van der Waals surface area (Å²) in [5, 5.41) is 5.64. The van der Waals surface area contributed by atoms with Crippen LogP contribution in [-0.4, -0.2) is 23.0 Å². The Balaban J connectivity index is 1.80. The van der Waals surface area contributed by atoms with Gasteiger partial charge in [0.1, 0.15) is 0 Å². The van der Waals surface area contributed by atoms with E-state index in [1.165, 1.54) is 43.7 Å². The van der Waals surface area contributed by atoms with Gasteiger partial charge in [-0.3, -0.25) is 4.99 Å². The summed E-state index contributed by atoms with van der Waals surface area (Å²) in [6.45, 7) is 10.4. The molecule has 0 aromatic rings. The van der Waals surface area contributed by atoms with Gasteiger partial charge < -0.3 is 5.32 Å². The minimum atomic E-state index is 0.415. The molecule has 3 atom stereocenters. The number of aliphatic imine (C=N–C) groups is 1. The fourth-order valence-electron chi connectivity index (χ4n) is 3.15. The maximum absolute atomic E-state index is 4.73. The van der Waals surface area contributed by atoms with Crippen molar-refractivity contribution < 1.29 is 0 Å². The third-order valence-electron chi connectivity index (χ3n) is 4.23. The average Bonchev–Trinajstić information content (AvgIpc) is 2.61. The van der Waals surface area contributed by atoms with Gasteiger partial charge in [0.15, 0.2) is 5.17 Å². The first-order valence-corrected chi connectivity index (χ1v) is 8.80. The minimum Gasteiger partial charge on any atom is -0.362 e. The van der Waals surface area contributed by atoms with Crippen LogP contribution in [0.5, 0.6) is 0 Å². The van der Waals surface area contributed by atoms with Crippen LogP contribution in [-0.2, 0) is 0 Å². The van der Waals surface area contributed by atoms with Crippen LogP contribution < -0.4 is 5.32 Å². The van der Waals surface area contributed by atoms with Crippen molar-refractivity contribution in [2.45, 2.75) is 77.5 Å². The lowest BCUT2D eigenvalue weighted by atomic mass is 9.90. The minimum absolute atomic E-state index is 0.415. The van der Waals surface area contributed by atoms with Gasteiger partial charge in [-0.1, -0.05) is 58.7 Å². The Kier molecular flexibility index (Phi) is 5.22. The Hall–Kier alpha value is -0.180. The van der Waals surface area contributed by atoms with Crippen molar-refractivity contribution in [1.82, 2.24) is 5.32 Å². The second-order valence-corrected chi connectivity index (χ2v) is 8.81. The van der Waals surface area contributed by atoms with E-state index in [1.54, 1.807) is 0 Å². The Morgan fingerprint density at radius 3 is 2.68 bits per heavy atom. The molecule has 1 fully saturated rings.